The zero-order valence-corrected chi connectivity index (χ0v) is 20.5. The van der Waals surface area contributed by atoms with Crippen LogP contribution in [0, 0.1) is 0 Å². The van der Waals surface area contributed by atoms with E-state index in [4.69, 9.17) is 30.5 Å². The zero-order chi connectivity index (χ0) is 24.3. The Hall–Kier alpha value is -3.24. The molecule has 1 aliphatic heterocycles. The molecule has 0 aliphatic carbocycles. The normalized spacial score (nSPS) is 14.9. The molecule has 2 aromatic carbocycles. The standard InChI is InChI=1S/C22H20BrClN2O7/c1-5-33-19-8-13(23)11(7-18(19)32-4)6-12-20(27)25-22(29)26(21(12)28)15-10-16(30-2)14(24)9-17(15)31-3/h6-10H,5H2,1-4H3,(H,25,27,29)/b12-6+. The molecule has 1 aliphatic rings. The third-order valence-electron chi connectivity index (χ3n) is 4.68. The summed E-state index contributed by atoms with van der Waals surface area (Å²) in [5.74, 6) is -0.445. The van der Waals surface area contributed by atoms with Crippen LogP contribution >= 0.6 is 27.5 Å². The van der Waals surface area contributed by atoms with Crippen LogP contribution in [-0.4, -0.2) is 45.8 Å². The van der Waals surface area contributed by atoms with Gasteiger partial charge < -0.3 is 18.9 Å². The summed E-state index contributed by atoms with van der Waals surface area (Å²) < 4.78 is 21.9. The first-order chi connectivity index (χ1) is 15.7. The highest BCUT2D eigenvalue weighted by molar-refractivity contribution is 9.10. The van der Waals surface area contributed by atoms with Crippen LogP contribution in [0.2, 0.25) is 5.02 Å². The number of hydrogen-bond acceptors (Lipinski definition) is 7. The van der Waals surface area contributed by atoms with Gasteiger partial charge in [0.25, 0.3) is 11.8 Å². The summed E-state index contributed by atoms with van der Waals surface area (Å²) in [6, 6.07) is 5.12. The largest absolute Gasteiger partial charge is 0.495 e. The molecule has 1 N–H and O–H groups in total. The molecule has 3 rings (SSSR count). The minimum atomic E-state index is -0.937. The first-order valence-corrected chi connectivity index (χ1v) is 10.8. The lowest BCUT2D eigenvalue weighted by atomic mass is 10.1. The molecule has 1 saturated heterocycles. The van der Waals surface area contributed by atoms with Crippen molar-refractivity contribution < 1.29 is 33.3 Å². The molecule has 33 heavy (non-hydrogen) atoms. The van der Waals surface area contributed by atoms with E-state index >= 15 is 0 Å². The van der Waals surface area contributed by atoms with Crippen molar-refractivity contribution >= 4 is 57.1 Å². The van der Waals surface area contributed by atoms with Gasteiger partial charge in [-0.1, -0.05) is 27.5 Å². The molecular weight excluding hydrogens is 520 g/mol. The van der Waals surface area contributed by atoms with Gasteiger partial charge >= 0.3 is 6.03 Å². The smallest absolute Gasteiger partial charge is 0.336 e. The fraction of sp³-hybridized carbons (Fsp3) is 0.227. The number of urea groups is 1. The topological polar surface area (TPSA) is 103 Å². The lowest BCUT2D eigenvalue weighted by Crippen LogP contribution is -2.54. The molecule has 0 radical (unpaired) electrons. The number of nitrogens with one attached hydrogen (secondary N) is 1. The van der Waals surface area contributed by atoms with Crippen LogP contribution < -0.4 is 29.2 Å². The van der Waals surface area contributed by atoms with E-state index in [0.29, 0.717) is 28.1 Å². The van der Waals surface area contributed by atoms with Gasteiger partial charge in [0, 0.05) is 16.6 Å². The van der Waals surface area contributed by atoms with E-state index < -0.39 is 17.8 Å². The minimum Gasteiger partial charge on any atom is -0.495 e. The fourth-order valence-electron chi connectivity index (χ4n) is 3.14. The van der Waals surface area contributed by atoms with Crippen molar-refractivity contribution in [1.29, 1.82) is 0 Å². The van der Waals surface area contributed by atoms with Crippen LogP contribution in [0.5, 0.6) is 23.0 Å². The lowest BCUT2D eigenvalue weighted by Gasteiger charge is -2.28. The number of carbonyl (C=O) groups is 3. The molecule has 11 heteroatoms. The summed E-state index contributed by atoms with van der Waals surface area (Å²) in [6.07, 6.45) is 1.35. The molecule has 0 bridgehead atoms. The van der Waals surface area contributed by atoms with E-state index in [1.807, 2.05) is 6.92 Å². The van der Waals surface area contributed by atoms with Crippen molar-refractivity contribution in [2.24, 2.45) is 0 Å². The fourth-order valence-corrected chi connectivity index (χ4v) is 3.81. The maximum Gasteiger partial charge on any atom is 0.336 e. The van der Waals surface area contributed by atoms with E-state index in [1.165, 1.54) is 39.5 Å². The number of imide groups is 2. The highest BCUT2D eigenvalue weighted by atomic mass is 79.9. The monoisotopic (exact) mass is 538 g/mol. The third-order valence-corrected chi connectivity index (χ3v) is 5.66. The Kier molecular flexibility index (Phi) is 7.50. The number of benzene rings is 2. The third kappa shape index (κ3) is 4.76. The average Bonchev–Trinajstić information content (AvgIpc) is 2.78. The number of anilines is 1. The highest BCUT2D eigenvalue weighted by Crippen LogP contribution is 2.40. The van der Waals surface area contributed by atoms with Gasteiger partial charge in [0.1, 0.15) is 17.1 Å². The lowest BCUT2D eigenvalue weighted by molar-refractivity contribution is -0.122. The Labute approximate surface area is 203 Å². The van der Waals surface area contributed by atoms with E-state index in [9.17, 15) is 14.4 Å². The molecule has 0 unspecified atom stereocenters. The molecule has 1 fully saturated rings. The van der Waals surface area contributed by atoms with Crippen molar-refractivity contribution in [3.05, 3.63) is 44.9 Å². The Morgan fingerprint density at radius 1 is 0.970 bits per heavy atom. The number of carbonyl (C=O) groups excluding carboxylic acids is 3. The number of methoxy groups -OCH3 is 3. The maximum atomic E-state index is 13.3. The van der Waals surface area contributed by atoms with Gasteiger partial charge in [-0.3, -0.25) is 14.9 Å². The van der Waals surface area contributed by atoms with E-state index in [0.717, 1.165) is 4.90 Å². The summed E-state index contributed by atoms with van der Waals surface area (Å²) in [5.41, 5.74) is 0.240. The number of halogens is 2. The van der Waals surface area contributed by atoms with Crippen LogP contribution in [0.25, 0.3) is 6.08 Å². The first-order valence-electron chi connectivity index (χ1n) is 9.58. The predicted molar refractivity (Wildman–Crippen MR) is 125 cm³/mol. The molecular formula is C22H20BrClN2O7. The second-order valence-corrected chi connectivity index (χ2v) is 7.84. The average molecular weight is 540 g/mol. The van der Waals surface area contributed by atoms with Gasteiger partial charge in [-0.25, -0.2) is 9.69 Å². The Morgan fingerprint density at radius 2 is 1.64 bits per heavy atom. The molecule has 9 nitrogen and oxygen atoms in total. The minimum absolute atomic E-state index is 0.0583. The highest BCUT2D eigenvalue weighted by Gasteiger charge is 2.38. The molecule has 174 valence electrons. The van der Waals surface area contributed by atoms with Gasteiger partial charge in [0.2, 0.25) is 0 Å². The van der Waals surface area contributed by atoms with Gasteiger partial charge in [0.05, 0.1) is 38.6 Å². The van der Waals surface area contributed by atoms with Crippen LogP contribution in [-0.2, 0) is 9.59 Å². The van der Waals surface area contributed by atoms with Gasteiger partial charge in [-0.15, -0.1) is 0 Å². The molecule has 0 atom stereocenters. The number of nitrogens with zero attached hydrogens (tertiary/aromatic N) is 1. The zero-order valence-electron chi connectivity index (χ0n) is 18.2. The number of amides is 4. The van der Waals surface area contributed by atoms with Crippen LogP contribution in [0.1, 0.15) is 12.5 Å². The second-order valence-electron chi connectivity index (χ2n) is 6.57. The molecule has 4 amide bonds. The van der Waals surface area contributed by atoms with Crippen molar-refractivity contribution in [2.75, 3.05) is 32.8 Å². The summed E-state index contributed by atoms with van der Waals surface area (Å²) in [4.78, 5) is 39.3. The van der Waals surface area contributed by atoms with Crippen LogP contribution in [0.15, 0.2) is 34.3 Å². The number of ether oxygens (including phenoxy) is 4. The van der Waals surface area contributed by atoms with Gasteiger partial charge in [-0.05, 0) is 30.7 Å². The van der Waals surface area contributed by atoms with Crippen molar-refractivity contribution in [3.8, 4) is 23.0 Å². The van der Waals surface area contributed by atoms with Gasteiger partial charge in [0.15, 0.2) is 11.5 Å². The predicted octanol–water partition coefficient (Wildman–Crippen LogP) is 4.19. The second kappa shape index (κ2) is 10.1. The number of hydrogen-bond donors (Lipinski definition) is 1. The van der Waals surface area contributed by atoms with E-state index in [1.54, 1.807) is 12.1 Å². The van der Waals surface area contributed by atoms with Crippen molar-refractivity contribution in [3.63, 3.8) is 0 Å². The Balaban J connectivity index is 2.11. The Bertz CT molecular complexity index is 1170. The quantitative estimate of drug-likeness (QED) is 0.416. The summed E-state index contributed by atoms with van der Waals surface area (Å²) in [5, 5.41) is 2.39. The van der Waals surface area contributed by atoms with E-state index in [2.05, 4.69) is 21.2 Å². The summed E-state index contributed by atoms with van der Waals surface area (Å²) in [7, 11) is 4.22. The number of rotatable bonds is 7. The Morgan fingerprint density at radius 3 is 2.24 bits per heavy atom. The molecule has 0 aromatic heterocycles. The van der Waals surface area contributed by atoms with Crippen molar-refractivity contribution in [2.45, 2.75) is 6.92 Å². The first kappa shape index (κ1) is 24.4. The van der Waals surface area contributed by atoms with Crippen LogP contribution in [0.4, 0.5) is 10.5 Å². The van der Waals surface area contributed by atoms with E-state index in [-0.39, 0.29) is 27.8 Å². The van der Waals surface area contributed by atoms with Gasteiger partial charge in [-0.2, -0.15) is 0 Å². The van der Waals surface area contributed by atoms with Crippen LogP contribution in [0.3, 0.4) is 0 Å². The summed E-state index contributed by atoms with van der Waals surface area (Å²) in [6.45, 7) is 2.26. The number of barbiturate groups is 1. The SMILES string of the molecule is CCOc1cc(Br)c(/C=C2\C(=O)NC(=O)N(c3cc(OC)c(Cl)cc3OC)C2=O)cc1OC. The van der Waals surface area contributed by atoms with Crippen molar-refractivity contribution in [1.82, 2.24) is 5.32 Å². The molecule has 0 spiro atoms. The molecule has 1 heterocycles. The molecule has 0 saturated carbocycles. The summed E-state index contributed by atoms with van der Waals surface area (Å²) >= 11 is 9.54. The molecule has 2 aromatic rings. The maximum absolute atomic E-state index is 13.3.